The first-order valence-electron chi connectivity index (χ1n) is 6.94. The zero-order valence-electron chi connectivity index (χ0n) is 12.2. The lowest BCUT2D eigenvalue weighted by Crippen LogP contribution is -2.04. The Hall–Kier alpha value is -3.36. The molecule has 0 aliphatic rings. The van der Waals surface area contributed by atoms with Crippen molar-refractivity contribution in [1.29, 1.82) is 0 Å². The number of nitrogens with zero attached hydrogens (tertiary/aromatic N) is 6. The number of hydrogen-bond acceptors (Lipinski definition) is 8. The zero-order valence-corrected chi connectivity index (χ0v) is 12.2. The molecule has 0 unspecified atom stereocenters. The van der Waals surface area contributed by atoms with E-state index in [1.165, 1.54) is 6.33 Å². The summed E-state index contributed by atoms with van der Waals surface area (Å²) in [5.74, 6) is 1.96. The number of aromatic amines is 1. The van der Waals surface area contributed by atoms with Gasteiger partial charge in [-0.2, -0.15) is 10.1 Å². The molecule has 4 heterocycles. The number of aryl methyl sites for hydroxylation is 1. The molecule has 0 bridgehead atoms. The summed E-state index contributed by atoms with van der Waals surface area (Å²) in [6.07, 6.45) is 4.84. The minimum Gasteiger partial charge on any atom is -0.362 e. The summed E-state index contributed by atoms with van der Waals surface area (Å²) < 4.78 is 5.12. The molecule has 4 aromatic heterocycles. The normalized spacial score (nSPS) is 11.0. The van der Waals surface area contributed by atoms with E-state index in [-0.39, 0.29) is 0 Å². The Morgan fingerprint density at radius 1 is 1.22 bits per heavy atom. The van der Waals surface area contributed by atoms with E-state index in [4.69, 9.17) is 4.52 Å². The van der Waals surface area contributed by atoms with Crippen LogP contribution in [0.2, 0.25) is 0 Å². The van der Waals surface area contributed by atoms with Gasteiger partial charge in [0.2, 0.25) is 0 Å². The molecule has 0 radical (unpaired) electrons. The second-order valence-corrected chi connectivity index (χ2v) is 4.87. The van der Waals surface area contributed by atoms with Gasteiger partial charge in [-0.05, 0) is 19.1 Å². The third-order valence-electron chi connectivity index (χ3n) is 3.34. The van der Waals surface area contributed by atoms with E-state index in [2.05, 4.69) is 40.6 Å². The topological polar surface area (TPSA) is 118 Å². The van der Waals surface area contributed by atoms with E-state index >= 15 is 0 Å². The van der Waals surface area contributed by atoms with Crippen molar-refractivity contribution >= 4 is 16.9 Å². The van der Waals surface area contributed by atoms with E-state index in [1.54, 1.807) is 12.4 Å². The summed E-state index contributed by atoms with van der Waals surface area (Å²) in [5.41, 5.74) is 2.09. The monoisotopic (exact) mass is 308 g/mol. The highest BCUT2D eigenvalue weighted by molar-refractivity contribution is 5.87. The van der Waals surface area contributed by atoms with Crippen LogP contribution in [0.1, 0.15) is 11.5 Å². The molecule has 0 saturated carbocycles. The number of pyridine rings is 1. The number of anilines is 1. The lowest BCUT2D eigenvalue weighted by Gasteiger charge is -2.03. The molecule has 0 amide bonds. The van der Waals surface area contributed by atoms with Crippen LogP contribution < -0.4 is 5.32 Å². The zero-order chi connectivity index (χ0) is 15.6. The van der Waals surface area contributed by atoms with E-state index in [9.17, 15) is 0 Å². The number of fused-ring (bicyclic) bond motifs is 1. The predicted molar refractivity (Wildman–Crippen MR) is 81.3 cm³/mol. The fourth-order valence-electron chi connectivity index (χ4n) is 2.23. The molecule has 9 nitrogen and oxygen atoms in total. The summed E-state index contributed by atoms with van der Waals surface area (Å²) in [7, 11) is 0. The van der Waals surface area contributed by atoms with Crippen LogP contribution in [0.3, 0.4) is 0 Å². The molecule has 0 atom stereocenters. The Morgan fingerprint density at radius 3 is 2.96 bits per heavy atom. The summed E-state index contributed by atoms with van der Waals surface area (Å²) in [6, 6.07) is 3.71. The Morgan fingerprint density at radius 2 is 2.09 bits per heavy atom. The smallest absolute Gasteiger partial charge is 0.263 e. The van der Waals surface area contributed by atoms with E-state index in [0.717, 1.165) is 16.6 Å². The van der Waals surface area contributed by atoms with Gasteiger partial charge in [0, 0.05) is 18.0 Å². The second-order valence-electron chi connectivity index (χ2n) is 4.87. The second kappa shape index (κ2) is 5.44. The van der Waals surface area contributed by atoms with Gasteiger partial charge in [-0.3, -0.25) is 10.1 Å². The van der Waals surface area contributed by atoms with Gasteiger partial charge in [0.25, 0.3) is 5.71 Å². The molecule has 9 heteroatoms. The van der Waals surface area contributed by atoms with Gasteiger partial charge in [0.15, 0.2) is 5.82 Å². The Balaban J connectivity index is 1.55. The maximum atomic E-state index is 5.12. The first kappa shape index (κ1) is 13.3. The van der Waals surface area contributed by atoms with Crippen LogP contribution in [0, 0.1) is 6.92 Å². The molecule has 114 valence electrons. The van der Waals surface area contributed by atoms with Crippen molar-refractivity contribution < 1.29 is 4.52 Å². The van der Waals surface area contributed by atoms with Gasteiger partial charge in [-0.15, -0.1) is 0 Å². The van der Waals surface area contributed by atoms with Crippen LogP contribution in [-0.2, 0) is 6.54 Å². The van der Waals surface area contributed by atoms with Crippen LogP contribution >= 0.6 is 0 Å². The molecule has 0 aromatic carbocycles. The molecule has 0 saturated heterocycles. The molecular formula is C14H12N8O. The average Bonchev–Trinajstić information content (AvgIpc) is 3.21. The maximum absolute atomic E-state index is 5.12. The lowest BCUT2D eigenvalue weighted by atomic mass is 10.2. The number of aromatic nitrogens is 7. The fraction of sp³-hybridized carbons (Fsp3) is 0.143. The standard InChI is InChI=1S/C14H12N8O/c1-8-11-13(17-7-18-14(11)23-22-8)16-6-10-19-12(21-20-10)9-2-4-15-5-3-9/h2-5,7H,6H2,1H3,(H,16,17,18)(H,19,20,21). The number of nitrogens with one attached hydrogen (secondary N) is 2. The number of H-pyrrole nitrogens is 1. The Labute approximate surface area is 130 Å². The van der Waals surface area contributed by atoms with Crippen molar-refractivity contribution in [3.8, 4) is 11.4 Å². The molecule has 0 spiro atoms. The highest BCUT2D eigenvalue weighted by atomic mass is 16.5. The van der Waals surface area contributed by atoms with Gasteiger partial charge in [0.05, 0.1) is 12.2 Å². The number of rotatable bonds is 4. The van der Waals surface area contributed by atoms with Crippen LogP contribution in [0.25, 0.3) is 22.5 Å². The van der Waals surface area contributed by atoms with Crippen LogP contribution in [0.5, 0.6) is 0 Å². The third kappa shape index (κ3) is 2.48. The summed E-state index contributed by atoms with van der Waals surface area (Å²) in [5, 5.41) is 15.0. The SMILES string of the molecule is Cc1noc2ncnc(NCc3nc(-c4ccncc4)n[nH]3)c12. The maximum Gasteiger partial charge on any atom is 0.263 e. The van der Waals surface area contributed by atoms with Crippen molar-refractivity contribution in [2.45, 2.75) is 13.5 Å². The Bertz CT molecular complexity index is 946. The van der Waals surface area contributed by atoms with Gasteiger partial charge < -0.3 is 9.84 Å². The van der Waals surface area contributed by atoms with Crippen LogP contribution in [0.15, 0.2) is 35.4 Å². The summed E-state index contributed by atoms with van der Waals surface area (Å²) in [4.78, 5) is 16.7. The lowest BCUT2D eigenvalue weighted by molar-refractivity contribution is 0.442. The van der Waals surface area contributed by atoms with Crippen molar-refractivity contribution in [1.82, 2.24) is 35.3 Å². The van der Waals surface area contributed by atoms with Crippen molar-refractivity contribution in [3.63, 3.8) is 0 Å². The highest BCUT2D eigenvalue weighted by Gasteiger charge is 2.12. The van der Waals surface area contributed by atoms with Gasteiger partial charge >= 0.3 is 0 Å². The number of hydrogen-bond donors (Lipinski definition) is 2. The molecule has 4 aromatic rings. The molecule has 2 N–H and O–H groups in total. The Kier molecular flexibility index (Phi) is 3.15. The summed E-state index contributed by atoms with van der Waals surface area (Å²) >= 11 is 0. The molecule has 23 heavy (non-hydrogen) atoms. The quantitative estimate of drug-likeness (QED) is 0.585. The molecule has 0 aliphatic heterocycles. The third-order valence-corrected chi connectivity index (χ3v) is 3.34. The van der Waals surface area contributed by atoms with Crippen molar-refractivity contribution in [2.75, 3.05) is 5.32 Å². The average molecular weight is 308 g/mol. The first-order valence-corrected chi connectivity index (χ1v) is 6.94. The molecule has 0 fully saturated rings. The molecule has 4 rings (SSSR count). The van der Waals surface area contributed by atoms with Gasteiger partial charge in [-0.1, -0.05) is 5.16 Å². The predicted octanol–water partition coefficient (Wildman–Crippen LogP) is 1.72. The van der Waals surface area contributed by atoms with Crippen LogP contribution in [0.4, 0.5) is 5.82 Å². The van der Waals surface area contributed by atoms with Gasteiger partial charge in [-0.25, -0.2) is 9.97 Å². The largest absolute Gasteiger partial charge is 0.362 e. The minimum absolute atomic E-state index is 0.439. The molecule has 0 aliphatic carbocycles. The summed E-state index contributed by atoms with van der Waals surface area (Å²) in [6.45, 7) is 2.28. The van der Waals surface area contributed by atoms with Crippen molar-refractivity contribution in [3.05, 3.63) is 42.4 Å². The van der Waals surface area contributed by atoms with Crippen LogP contribution in [-0.4, -0.2) is 35.3 Å². The van der Waals surface area contributed by atoms with E-state index in [1.807, 2.05) is 19.1 Å². The fourth-order valence-corrected chi connectivity index (χ4v) is 2.23. The van der Waals surface area contributed by atoms with E-state index in [0.29, 0.717) is 29.7 Å². The van der Waals surface area contributed by atoms with Gasteiger partial charge in [0.1, 0.15) is 23.4 Å². The van der Waals surface area contributed by atoms with E-state index < -0.39 is 0 Å². The minimum atomic E-state index is 0.439. The van der Waals surface area contributed by atoms with Crippen molar-refractivity contribution in [2.24, 2.45) is 0 Å². The first-order chi connectivity index (χ1) is 11.3. The molecular weight excluding hydrogens is 296 g/mol. The highest BCUT2D eigenvalue weighted by Crippen LogP contribution is 2.22.